The summed E-state index contributed by atoms with van der Waals surface area (Å²) in [6.07, 6.45) is 4.67. The van der Waals surface area contributed by atoms with Gasteiger partial charge in [0, 0.05) is 30.9 Å². The molecule has 2 rings (SSSR count). The summed E-state index contributed by atoms with van der Waals surface area (Å²) in [7, 11) is 1.61. The number of aromatic nitrogens is 2. The fraction of sp³-hybridized carbons (Fsp3) is 0.400. The zero-order valence-corrected chi connectivity index (χ0v) is 11.4. The van der Waals surface area contributed by atoms with Crippen LogP contribution in [0.4, 0.5) is 0 Å². The Hall–Kier alpha value is -1.81. The fourth-order valence-corrected chi connectivity index (χ4v) is 2.20. The number of ether oxygens (including phenoxy) is 1. The topological polar surface area (TPSA) is 47.3 Å². The van der Waals surface area contributed by atoms with E-state index in [0.717, 1.165) is 24.4 Å². The van der Waals surface area contributed by atoms with Crippen molar-refractivity contribution in [1.29, 1.82) is 0 Å². The number of imidazole rings is 1. The highest BCUT2D eigenvalue weighted by Gasteiger charge is 2.15. The van der Waals surface area contributed by atoms with Crippen molar-refractivity contribution in [2.24, 2.45) is 0 Å². The van der Waals surface area contributed by atoms with Crippen molar-refractivity contribution in [3.8, 4) is 5.75 Å². The van der Waals surface area contributed by atoms with E-state index < -0.39 is 6.10 Å². The van der Waals surface area contributed by atoms with E-state index in [1.54, 1.807) is 13.3 Å². The van der Waals surface area contributed by atoms with Gasteiger partial charge in [-0.2, -0.15) is 0 Å². The number of hydrogen-bond donors (Lipinski definition) is 1. The minimum absolute atomic E-state index is 0.493. The average molecular weight is 260 g/mol. The Bertz CT molecular complexity index is 522. The van der Waals surface area contributed by atoms with Crippen molar-refractivity contribution >= 4 is 0 Å². The van der Waals surface area contributed by atoms with E-state index in [9.17, 15) is 5.11 Å². The molecular formula is C15H20N2O2. The lowest BCUT2D eigenvalue weighted by Gasteiger charge is -2.15. The van der Waals surface area contributed by atoms with Crippen molar-refractivity contribution in [1.82, 2.24) is 9.55 Å². The summed E-state index contributed by atoms with van der Waals surface area (Å²) < 4.78 is 7.36. The molecule has 4 nitrogen and oxygen atoms in total. The molecule has 0 radical (unpaired) electrons. The van der Waals surface area contributed by atoms with Gasteiger partial charge in [0.25, 0.3) is 0 Å². The summed E-state index contributed by atoms with van der Waals surface area (Å²) in [6.45, 7) is 3.05. The molecule has 19 heavy (non-hydrogen) atoms. The molecule has 1 atom stereocenters. The van der Waals surface area contributed by atoms with Crippen molar-refractivity contribution in [2.45, 2.75) is 32.4 Å². The molecule has 0 aliphatic carbocycles. The van der Waals surface area contributed by atoms with Crippen molar-refractivity contribution in [2.75, 3.05) is 7.11 Å². The number of aryl methyl sites for hydroxylation is 1. The Morgan fingerprint density at radius 2 is 2.16 bits per heavy atom. The maximum atomic E-state index is 10.4. The van der Waals surface area contributed by atoms with E-state index in [0.29, 0.717) is 12.2 Å². The van der Waals surface area contributed by atoms with Gasteiger partial charge in [-0.3, -0.25) is 0 Å². The Labute approximate surface area is 113 Å². The number of hydrogen-bond acceptors (Lipinski definition) is 3. The van der Waals surface area contributed by atoms with E-state index in [-0.39, 0.29) is 0 Å². The van der Waals surface area contributed by atoms with Gasteiger partial charge in [-0.15, -0.1) is 0 Å². The van der Waals surface area contributed by atoms with Crippen LogP contribution in [0.1, 0.15) is 30.8 Å². The van der Waals surface area contributed by atoms with Gasteiger partial charge in [-0.25, -0.2) is 4.98 Å². The van der Waals surface area contributed by atoms with Crippen LogP contribution in [-0.2, 0) is 13.0 Å². The van der Waals surface area contributed by atoms with Crippen LogP contribution >= 0.6 is 0 Å². The highest BCUT2D eigenvalue weighted by atomic mass is 16.5. The van der Waals surface area contributed by atoms with Crippen LogP contribution in [-0.4, -0.2) is 21.8 Å². The van der Waals surface area contributed by atoms with Crippen LogP contribution in [0.25, 0.3) is 0 Å². The molecule has 1 heterocycles. The second-order valence-electron chi connectivity index (χ2n) is 4.50. The van der Waals surface area contributed by atoms with Crippen molar-refractivity contribution in [3.05, 3.63) is 48.0 Å². The summed E-state index contributed by atoms with van der Waals surface area (Å²) in [5.74, 6) is 1.61. The van der Waals surface area contributed by atoms with Gasteiger partial charge < -0.3 is 14.4 Å². The lowest BCUT2D eigenvalue weighted by molar-refractivity contribution is 0.170. The molecule has 2 aromatic rings. The highest BCUT2D eigenvalue weighted by molar-refractivity contribution is 5.35. The molecule has 0 bridgehead atoms. The number of para-hydroxylation sites is 1. The third-order valence-corrected chi connectivity index (χ3v) is 3.14. The molecular weight excluding hydrogens is 240 g/mol. The predicted octanol–water partition coefficient (Wildman–Crippen LogP) is 2.58. The van der Waals surface area contributed by atoms with Crippen LogP contribution in [0.3, 0.4) is 0 Å². The third-order valence-electron chi connectivity index (χ3n) is 3.14. The van der Waals surface area contributed by atoms with E-state index in [2.05, 4.69) is 16.5 Å². The maximum absolute atomic E-state index is 10.4. The fourth-order valence-electron chi connectivity index (χ4n) is 2.20. The monoisotopic (exact) mass is 260 g/mol. The molecule has 0 fully saturated rings. The second kappa shape index (κ2) is 6.38. The first-order chi connectivity index (χ1) is 9.26. The largest absolute Gasteiger partial charge is 0.496 e. The number of rotatable bonds is 6. The Morgan fingerprint density at radius 3 is 2.89 bits per heavy atom. The number of aliphatic hydroxyl groups excluding tert-OH is 1. The predicted molar refractivity (Wildman–Crippen MR) is 74.2 cm³/mol. The standard InChI is InChI=1S/C15H20N2O2/c1-3-9-17-10-8-16-15(17)11-13(18)12-6-4-5-7-14(12)19-2/h4-8,10,13,18H,3,9,11H2,1-2H3. The molecule has 1 unspecified atom stereocenters. The average Bonchev–Trinajstić information content (AvgIpc) is 2.86. The molecule has 0 saturated heterocycles. The summed E-state index contributed by atoms with van der Waals surface area (Å²) >= 11 is 0. The molecule has 1 N–H and O–H groups in total. The third kappa shape index (κ3) is 3.15. The summed E-state index contributed by atoms with van der Waals surface area (Å²) in [6, 6.07) is 7.54. The Kier molecular flexibility index (Phi) is 4.58. The van der Waals surface area contributed by atoms with Gasteiger partial charge in [-0.1, -0.05) is 25.1 Å². The number of methoxy groups -OCH3 is 1. The minimum Gasteiger partial charge on any atom is -0.496 e. The summed E-state index contributed by atoms with van der Waals surface area (Å²) in [5, 5.41) is 10.4. The molecule has 1 aromatic heterocycles. The van der Waals surface area contributed by atoms with Gasteiger partial charge in [0.1, 0.15) is 11.6 Å². The number of nitrogens with zero attached hydrogens (tertiary/aromatic N) is 2. The molecule has 4 heteroatoms. The second-order valence-corrected chi connectivity index (χ2v) is 4.50. The van der Waals surface area contributed by atoms with Crippen molar-refractivity contribution in [3.63, 3.8) is 0 Å². The van der Waals surface area contributed by atoms with Crippen LogP contribution in [0.2, 0.25) is 0 Å². The zero-order chi connectivity index (χ0) is 13.7. The minimum atomic E-state index is -0.603. The van der Waals surface area contributed by atoms with Crippen molar-refractivity contribution < 1.29 is 9.84 Å². The lowest BCUT2D eigenvalue weighted by Crippen LogP contribution is -2.09. The van der Waals surface area contributed by atoms with E-state index in [1.165, 1.54) is 0 Å². The quantitative estimate of drug-likeness (QED) is 0.868. The van der Waals surface area contributed by atoms with E-state index >= 15 is 0 Å². The number of aliphatic hydroxyl groups is 1. The molecule has 0 aliphatic rings. The van der Waals surface area contributed by atoms with Crippen LogP contribution in [0, 0.1) is 0 Å². The van der Waals surface area contributed by atoms with Crippen LogP contribution < -0.4 is 4.74 Å². The molecule has 0 amide bonds. The number of benzene rings is 1. The molecule has 0 saturated carbocycles. The van der Waals surface area contributed by atoms with Gasteiger partial charge in [-0.05, 0) is 12.5 Å². The molecule has 102 valence electrons. The Balaban J connectivity index is 2.16. The van der Waals surface area contributed by atoms with Gasteiger partial charge in [0.15, 0.2) is 0 Å². The highest BCUT2D eigenvalue weighted by Crippen LogP contribution is 2.26. The molecule has 0 aliphatic heterocycles. The van der Waals surface area contributed by atoms with Crippen LogP contribution in [0.5, 0.6) is 5.75 Å². The Morgan fingerprint density at radius 1 is 1.37 bits per heavy atom. The van der Waals surface area contributed by atoms with E-state index in [4.69, 9.17) is 4.74 Å². The summed E-state index contributed by atoms with van der Waals surface area (Å²) in [5.41, 5.74) is 0.802. The zero-order valence-electron chi connectivity index (χ0n) is 11.4. The smallest absolute Gasteiger partial charge is 0.124 e. The molecule has 1 aromatic carbocycles. The van der Waals surface area contributed by atoms with Gasteiger partial charge >= 0.3 is 0 Å². The lowest BCUT2D eigenvalue weighted by atomic mass is 10.1. The first-order valence-corrected chi connectivity index (χ1v) is 6.57. The SMILES string of the molecule is CCCn1ccnc1CC(O)c1ccccc1OC. The van der Waals surface area contributed by atoms with Gasteiger partial charge in [0.2, 0.25) is 0 Å². The normalized spacial score (nSPS) is 12.4. The first kappa shape index (κ1) is 13.6. The molecule has 0 spiro atoms. The first-order valence-electron chi connectivity index (χ1n) is 6.57. The maximum Gasteiger partial charge on any atom is 0.124 e. The van der Waals surface area contributed by atoms with Crippen LogP contribution in [0.15, 0.2) is 36.7 Å². The van der Waals surface area contributed by atoms with E-state index in [1.807, 2.05) is 30.5 Å². The summed E-state index contributed by atoms with van der Waals surface area (Å²) in [4.78, 5) is 4.32. The van der Waals surface area contributed by atoms with Gasteiger partial charge in [0.05, 0.1) is 13.2 Å².